The standard InChI is InChI=1S/C28H28N4O3/c33-24-14-22-13-21(7-8-23(22)29-24)18-1-3-19(4-2-18)25-30-28(10-11-28)27(35)32(25)16-17-9-12-31(15-17)26(34)20-5-6-20/h1-4,7-8,13,17,20H,5-6,9-12,14-16H2,(H,29,33)/t17-/m1/s1. The lowest BCUT2D eigenvalue weighted by Crippen LogP contribution is -2.40. The van der Waals surface area contributed by atoms with Crippen molar-refractivity contribution in [2.45, 2.75) is 44.1 Å². The molecule has 35 heavy (non-hydrogen) atoms. The van der Waals surface area contributed by atoms with Crippen LogP contribution in [0, 0.1) is 11.8 Å². The fourth-order valence-corrected chi connectivity index (χ4v) is 5.74. The molecule has 0 unspecified atom stereocenters. The van der Waals surface area contributed by atoms with E-state index in [1.165, 1.54) is 0 Å². The number of likely N-dealkylation sites (tertiary alicyclic amines) is 1. The molecule has 0 radical (unpaired) electrons. The molecule has 178 valence electrons. The zero-order valence-electron chi connectivity index (χ0n) is 19.6. The maximum Gasteiger partial charge on any atom is 0.256 e. The van der Waals surface area contributed by atoms with E-state index in [1.807, 2.05) is 34.1 Å². The van der Waals surface area contributed by atoms with E-state index < -0.39 is 5.54 Å². The molecule has 5 aliphatic rings. The number of fused-ring (bicyclic) bond motifs is 1. The van der Waals surface area contributed by atoms with Gasteiger partial charge in [-0.05, 0) is 66.8 Å². The van der Waals surface area contributed by atoms with E-state index in [0.717, 1.165) is 79.0 Å². The molecule has 3 heterocycles. The number of benzene rings is 2. The van der Waals surface area contributed by atoms with Crippen LogP contribution in [0.3, 0.4) is 0 Å². The monoisotopic (exact) mass is 468 g/mol. The number of anilines is 1. The Bertz CT molecular complexity index is 1290. The molecule has 7 rings (SSSR count). The van der Waals surface area contributed by atoms with Crippen molar-refractivity contribution in [2.75, 3.05) is 25.0 Å². The van der Waals surface area contributed by atoms with Crippen LogP contribution in [0.4, 0.5) is 5.69 Å². The van der Waals surface area contributed by atoms with E-state index in [2.05, 4.69) is 23.5 Å². The number of aliphatic imine (C=N–C) groups is 1. The summed E-state index contributed by atoms with van der Waals surface area (Å²) < 4.78 is 0. The number of amidine groups is 1. The summed E-state index contributed by atoms with van der Waals surface area (Å²) in [7, 11) is 0. The minimum Gasteiger partial charge on any atom is -0.342 e. The second-order valence-electron chi connectivity index (χ2n) is 10.8. The lowest BCUT2D eigenvalue weighted by molar-refractivity contribution is -0.131. The van der Waals surface area contributed by atoms with Crippen LogP contribution in [-0.4, -0.2) is 58.5 Å². The van der Waals surface area contributed by atoms with Gasteiger partial charge in [-0.25, -0.2) is 0 Å². The molecule has 1 atom stereocenters. The van der Waals surface area contributed by atoms with Crippen LogP contribution in [0.2, 0.25) is 0 Å². The van der Waals surface area contributed by atoms with Gasteiger partial charge in [0.15, 0.2) is 0 Å². The van der Waals surface area contributed by atoms with E-state index in [9.17, 15) is 14.4 Å². The van der Waals surface area contributed by atoms with Gasteiger partial charge >= 0.3 is 0 Å². The first-order chi connectivity index (χ1) is 17.0. The molecule has 2 aromatic carbocycles. The summed E-state index contributed by atoms with van der Waals surface area (Å²) in [4.78, 5) is 46.3. The number of rotatable bonds is 5. The molecule has 3 amide bonds. The molecular weight excluding hydrogens is 440 g/mol. The lowest BCUT2D eigenvalue weighted by atomic mass is 10.00. The topological polar surface area (TPSA) is 82.1 Å². The first kappa shape index (κ1) is 20.9. The molecule has 1 N–H and O–H groups in total. The molecule has 3 aliphatic heterocycles. The fraction of sp³-hybridized carbons (Fsp3) is 0.429. The maximum absolute atomic E-state index is 13.3. The van der Waals surface area contributed by atoms with E-state index in [0.29, 0.717) is 24.8 Å². The van der Waals surface area contributed by atoms with Crippen molar-refractivity contribution < 1.29 is 14.4 Å². The summed E-state index contributed by atoms with van der Waals surface area (Å²) in [5, 5.41) is 2.88. The first-order valence-corrected chi connectivity index (χ1v) is 12.7. The van der Waals surface area contributed by atoms with Gasteiger partial charge in [-0.2, -0.15) is 0 Å². The third kappa shape index (κ3) is 3.56. The Morgan fingerprint density at radius 3 is 2.49 bits per heavy atom. The summed E-state index contributed by atoms with van der Waals surface area (Å²) in [6, 6.07) is 14.3. The van der Waals surface area contributed by atoms with Gasteiger partial charge in [-0.15, -0.1) is 0 Å². The molecule has 2 saturated carbocycles. The lowest BCUT2D eigenvalue weighted by Gasteiger charge is -2.23. The second-order valence-corrected chi connectivity index (χ2v) is 10.8. The van der Waals surface area contributed by atoms with Crippen LogP contribution in [0.25, 0.3) is 11.1 Å². The van der Waals surface area contributed by atoms with Gasteiger partial charge in [0.05, 0.1) is 6.42 Å². The van der Waals surface area contributed by atoms with Gasteiger partial charge in [0.1, 0.15) is 11.4 Å². The smallest absolute Gasteiger partial charge is 0.256 e. The molecule has 7 nitrogen and oxygen atoms in total. The van der Waals surface area contributed by atoms with Crippen molar-refractivity contribution in [2.24, 2.45) is 16.8 Å². The van der Waals surface area contributed by atoms with E-state index in [-0.39, 0.29) is 17.7 Å². The Kier molecular flexibility index (Phi) is 4.47. The zero-order chi connectivity index (χ0) is 23.7. The number of nitrogens with one attached hydrogen (secondary N) is 1. The largest absolute Gasteiger partial charge is 0.342 e. The number of nitrogens with zero attached hydrogens (tertiary/aromatic N) is 3. The molecule has 2 aromatic rings. The number of carbonyl (C=O) groups excluding carboxylic acids is 3. The predicted molar refractivity (Wildman–Crippen MR) is 132 cm³/mol. The van der Waals surface area contributed by atoms with E-state index >= 15 is 0 Å². The van der Waals surface area contributed by atoms with Crippen molar-refractivity contribution in [3.63, 3.8) is 0 Å². The van der Waals surface area contributed by atoms with Crippen molar-refractivity contribution >= 4 is 29.2 Å². The molecule has 3 fully saturated rings. The molecule has 2 aliphatic carbocycles. The molecule has 1 spiro atoms. The summed E-state index contributed by atoms with van der Waals surface area (Å²) in [5.41, 5.74) is 4.46. The van der Waals surface area contributed by atoms with Crippen LogP contribution in [-0.2, 0) is 20.8 Å². The molecule has 1 saturated heterocycles. The highest BCUT2D eigenvalue weighted by Gasteiger charge is 2.57. The third-order valence-electron chi connectivity index (χ3n) is 8.11. The minimum atomic E-state index is -0.546. The van der Waals surface area contributed by atoms with Crippen LogP contribution >= 0.6 is 0 Å². The number of hydrogen-bond donors (Lipinski definition) is 1. The van der Waals surface area contributed by atoms with Crippen LogP contribution in [0.15, 0.2) is 47.5 Å². The normalized spacial score (nSPS) is 24.1. The van der Waals surface area contributed by atoms with Crippen LogP contribution < -0.4 is 5.32 Å². The van der Waals surface area contributed by atoms with Crippen molar-refractivity contribution in [1.82, 2.24) is 9.80 Å². The Morgan fingerprint density at radius 2 is 1.74 bits per heavy atom. The minimum absolute atomic E-state index is 0.0350. The van der Waals surface area contributed by atoms with Crippen LogP contribution in [0.5, 0.6) is 0 Å². The van der Waals surface area contributed by atoms with Crippen molar-refractivity contribution in [3.05, 3.63) is 53.6 Å². The Labute approximate surface area is 204 Å². The summed E-state index contributed by atoms with van der Waals surface area (Å²) in [5.74, 6) is 1.77. The quantitative estimate of drug-likeness (QED) is 0.732. The first-order valence-electron chi connectivity index (χ1n) is 12.7. The average molecular weight is 469 g/mol. The number of hydrogen-bond acceptors (Lipinski definition) is 4. The molecule has 0 aromatic heterocycles. The van der Waals surface area contributed by atoms with Gasteiger partial charge in [0.2, 0.25) is 11.8 Å². The third-order valence-corrected chi connectivity index (χ3v) is 8.11. The summed E-state index contributed by atoms with van der Waals surface area (Å²) >= 11 is 0. The van der Waals surface area contributed by atoms with Crippen molar-refractivity contribution in [3.8, 4) is 11.1 Å². The fourth-order valence-electron chi connectivity index (χ4n) is 5.74. The van der Waals surface area contributed by atoms with Gasteiger partial charge in [-0.3, -0.25) is 24.3 Å². The van der Waals surface area contributed by atoms with Gasteiger partial charge in [-0.1, -0.05) is 30.3 Å². The SMILES string of the molecule is O=C1Cc2cc(-c3ccc(C4=NC5(CC5)C(=O)N4C[C@@H]4CCN(C(=O)C5CC5)C4)cc3)ccc2N1. The number of amides is 3. The Hall–Kier alpha value is -3.48. The van der Waals surface area contributed by atoms with Gasteiger partial charge in [0.25, 0.3) is 5.91 Å². The zero-order valence-corrected chi connectivity index (χ0v) is 19.6. The summed E-state index contributed by atoms with van der Waals surface area (Å²) in [6.45, 7) is 2.17. The maximum atomic E-state index is 13.3. The van der Waals surface area contributed by atoms with E-state index in [1.54, 1.807) is 0 Å². The molecular formula is C28H28N4O3. The highest BCUT2D eigenvalue weighted by Crippen LogP contribution is 2.46. The van der Waals surface area contributed by atoms with Crippen molar-refractivity contribution in [1.29, 1.82) is 0 Å². The Morgan fingerprint density at radius 1 is 1.00 bits per heavy atom. The average Bonchev–Trinajstić information content (AvgIpc) is 3.76. The molecule has 7 heteroatoms. The predicted octanol–water partition coefficient (Wildman–Crippen LogP) is 3.23. The highest BCUT2D eigenvalue weighted by atomic mass is 16.2. The molecule has 0 bridgehead atoms. The highest BCUT2D eigenvalue weighted by molar-refractivity contribution is 6.16. The van der Waals surface area contributed by atoms with Crippen LogP contribution in [0.1, 0.15) is 43.2 Å². The number of carbonyl (C=O) groups is 3. The van der Waals surface area contributed by atoms with Gasteiger partial charge < -0.3 is 10.2 Å². The second kappa shape index (κ2) is 7.51. The van der Waals surface area contributed by atoms with Gasteiger partial charge in [0, 0.05) is 36.8 Å². The summed E-state index contributed by atoms with van der Waals surface area (Å²) in [6.07, 6.45) is 5.06. The van der Waals surface area contributed by atoms with E-state index in [4.69, 9.17) is 4.99 Å². The Balaban J connectivity index is 1.11.